The third kappa shape index (κ3) is 2.56. The molecule has 1 aliphatic rings. The van der Waals surface area contributed by atoms with Gasteiger partial charge in [-0.25, -0.2) is 13.5 Å². The van der Waals surface area contributed by atoms with E-state index in [0.29, 0.717) is 17.3 Å². The molecule has 0 bridgehead atoms. The fourth-order valence-electron chi connectivity index (χ4n) is 2.87. The molecule has 1 aromatic heterocycles. The lowest BCUT2D eigenvalue weighted by Gasteiger charge is -2.24. The van der Waals surface area contributed by atoms with Gasteiger partial charge < -0.3 is 5.32 Å². The van der Waals surface area contributed by atoms with Crippen LogP contribution in [0.3, 0.4) is 0 Å². The minimum Gasteiger partial charge on any atom is -0.324 e. The standard InChI is InChI=1S/C18H14F2N4/c1-11-21-18-22-16(12-5-3-2-4-6-12)10-17(24(18)23-11)13-7-14(19)9-15(20)8-13/h2-10,17H,1H3,(H,21,22,23). The average molecular weight is 324 g/mol. The first-order valence-electron chi connectivity index (χ1n) is 7.53. The van der Waals surface area contributed by atoms with Crippen LogP contribution in [0, 0.1) is 18.6 Å². The van der Waals surface area contributed by atoms with Crippen LogP contribution in [0.2, 0.25) is 0 Å². The summed E-state index contributed by atoms with van der Waals surface area (Å²) in [7, 11) is 0. The van der Waals surface area contributed by atoms with Gasteiger partial charge in [0.1, 0.15) is 23.5 Å². The fourth-order valence-corrected chi connectivity index (χ4v) is 2.87. The van der Waals surface area contributed by atoms with Crippen molar-refractivity contribution in [3.63, 3.8) is 0 Å². The Morgan fingerprint density at radius 3 is 2.46 bits per heavy atom. The van der Waals surface area contributed by atoms with Crippen LogP contribution in [-0.4, -0.2) is 14.8 Å². The number of halogens is 2. The van der Waals surface area contributed by atoms with E-state index in [1.54, 1.807) is 11.6 Å². The van der Waals surface area contributed by atoms with E-state index < -0.39 is 17.7 Å². The second-order valence-corrected chi connectivity index (χ2v) is 5.65. The predicted molar refractivity (Wildman–Crippen MR) is 87.3 cm³/mol. The zero-order valence-electron chi connectivity index (χ0n) is 12.9. The number of allylic oxidation sites excluding steroid dienone is 1. The molecular weight excluding hydrogens is 310 g/mol. The normalized spacial score (nSPS) is 16.3. The molecule has 120 valence electrons. The van der Waals surface area contributed by atoms with Gasteiger partial charge in [-0.3, -0.25) is 0 Å². The summed E-state index contributed by atoms with van der Waals surface area (Å²) >= 11 is 0. The molecule has 0 spiro atoms. The number of nitrogens with one attached hydrogen (secondary N) is 1. The Bertz CT molecular complexity index is 911. The molecule has 1 atom stereocenters. The van der Waals surface area contributed by atoms with Gasteiger partial charge in [0, 0.05) is 11.8 Å². The number of anilines is 1. The maximum absolute atomic E-state index is 13.7. The fraction of sp³-hybridized carbons (Fsp3) is 0.111. The number of hydrogen-bond donors (Lipinski definition) is 1. The van der Waals surface area contributed by atoms with Gasteiger partial charge in [0.15, 0.2) is 0 Å². The molecule has 2 aromatic carbocycles. The quantitative estimate of drug-likeness (QED) is 0.777. The van der Waals surface area contributed by atoms with E-state index in [1.807, 2.05) is 36.4 Å². The van der Waals surface area contributed by atoms with Crippen molar-refractivity contribution < 1.29 is 8.78 Å². The monoisotopic (exact) mass is 324 g/mol. The molecule has 4 nitrogen and oxygen atoms in total. The van der Waals surface area contributed by atoms with Crippen LogP contribution in [-0.2, 0) is 0 Å². The molecule has 2 heterocycles. The third-order valence-corrected chi connectivity index (χ3v) is 3.88. The first-order valence-corrected chi connectivity index (χ1v) is 7.53. The Labute approximate surface area is 137 Å². The Hall–Kier alpha value is -3.02. The molecule has 3 aromatic rings. The highest BCUT2D eigenvalue weighted by atomic mass is 19.1. The van der Waals surface area contributed by atoms with E-state index in [9.17, 15) is 8.78 Å². The maximum atomic E-state index is 13.7. The molecule has 1 aliphatic heterocycles. The number of benzene rings is 2. The van der Waals surface area contributed by atoms with Crippen LogP contribution >= 0.6 is 0 Å². The smallest absolute Gasteiger partial charge is 0.226 e. The minimum absolute atomic E-state index is 0.442. The van der Waals surface area contributed by atoms with E-state index in [1.165, 1.54) is 12.1 Å². The number of aryl methyl sites for hydroxylation is 1. The molecule has 0 saturated carbocycles. The molecular formula is C18H14F2N4. The lowest BCUT2D eigenvalue weighted by atomic mass is 10.0. The van der Waals surface area contributed by atoms with Crippen molar-refractivity contribution in [3.8, 4) is 0 Å². The van der Waals surface area contributed by atoms with Gasteiger partial charge in [-0.15, -0.1) is 0 Å². The molecule has 24 heavy (non-hydrogen) atoms. The topological polar surface area (TPSA) is 42.7 Å². The van der Waals surface area contributed by atoms with E-state index in [0.717, 1.165) is 17.3 Å². The summed E-state index contributed by atoms with van der Waals surface area (Å²) in [6.07, 6.45) is 1.89. The van der Waals surface area contributed by atoms with Crippen LogP contribution in [0.25, 0.3) is 5.70 Å². The Morgan fingerprint density at radius 1 is 1.04 bits per heavy atom. The molecule has 0 aliphatic carbocycles. The molecule has 0 saturated heterocycles. The van der Waals surface area contributed by atoms with Gasteiger partial charge in [-0.1, -0.05) is 30.3 Å². The Morgan fingerprint density at radius 2 is 1.75 bits per heavy atom. The second kappa shape index (κ2) is 5.56. The first kappa shape index (κ1) is 14.6. The van der Waals surface area contributed by atoms with Gasteiger partial charge in [0.2, 0.25) is 5.95 Å². The highest BCUT2D eigenvalue weighted by molar-refractivity contribution is 5.77. The van der Waals surface area contributed by atoms with Gasteiger partial charge in [0.25, 0.3) is 0 Å². The zero-order chi connectivity index (χ0) is 16.7. The number of fused-ring (bicyclic) bond motifs is 1. The number of rotatable bonds is 2. The molecule has 1 unspecified atom stereocenters. The lowest BCUT2D eigenvalue weighted by Crippen LogP contribution is -2.20. The Balaban J connectivity index is 1.87. The van der Waals surface area contributed by atoms with E-state index in [-0.39, 0.29) is 0 Å². The van der Waals surface area contributed by atoms with Gasteiger partial charge in [-0.05, 0) is 36.3 Å². The highest BCUT2D eigenvalue weighted by Gasteiger charge is 2.25. The molecule has 1 N–H and O–H groups in total. The van der Waals surface area contributed by atoms with Crippen molar-refractivity contribution in [3.05, 3.63) is 83.2 Å². The predicted octanol–water partition coefficient (Wildman–Crippen LogP) is 3.92. The Kier molecular flexibility index (Phi) is 3.37. The van der Waals surface area contributed by atoms with Crippen LogP contribution in [0.4, 0.5) is 14.7 Å². The molecule has 0 radical (unpaired) electrons. The third-order valence-electron chi connectivity index (χ3n) is 3.88. The van der Waals surface area contributed by atoms with Crippen LogP contribution in [0.1, 0.15) is 23.0 Å². The molecule has 4 rings (SSSR count). The van der Waals surface area contributed by atoms with Crippen LogP contribution in [0.15, 0.2) is 54.6 Å². The minimum atomic E-state index is -0.614. The van der Waals surface area contributed by atoms with E-state index in [2.05, 4.69) is 15.4 Å². The summed E-state index contributed by atoms with van der Waals surface area (Å²) in [5, 5.41) is 7.58. The molecule has 0 amide bonds. The summed E-state index contributed by atoms with van der Waals surface area (Å²) in [5.74, 6) is -0.0984. The summed E-state index contributed by atoms with van der Waals surface area (Å²) in [4.78, 5) is 4.36. The van der Waals surface area contributed by atoms with E-state index >= 15 is 0 Å². The van der Waals surface area contributed by atoms with Crippen molar-refractivity contribution in [2.75, 3.05) is 5.32 Å². The van der Waals surface area contributed by atoms with Crippen LogP contribution in [0.5, 0.6) is 0 Å². The summed E-state index contributed by atoms with van der Waals surface area (Å²) in [5.41, 5.74) is 2.27. The molecule has 6 heteroatoms. The van der Waals surface area contributed by atoms with Gasteiger partial charge in [-0.2, -0.15) is 10.1 Å². The summed E-state index contributed by atoms with van der Waals surface area (Å²) < 4.78 is 29.0. The zero-order valence-corrected chi connectivity index (χ0v) is 12.9. The van der Waals surface area contributed by atoms with E-state index in [4.69, 9.17) is 0 Å². The number of nitrogens with zero attached hydrogens (tertiary/aromatic N) is 3. The first-order chi connectivity index (χ1) is 11.6. The van der Waals surface area contributed by atoms with Crippen LogP contribution < -0.4 is 5.32 Å². The van der Waals surface area contributed by atoms with Crippen molar-refractivity contribution in [1.82, 2.24) is 14.8 Å². The number of hydrogen-bond acceptors (Lipinski definition) is 3. The largest absolute Gasteiger partial charge is 0.324 e. The van der Waals surface area contributed by atoms with Crippen molar-refractivity contribution in [2.45, 2.75) is 13.0 Å². The lowest BCUT2D eigenvalue weighted by molar-refractivity contribution is 0.560. The molecule has 0 fully saturated rings. The highest BCUT2D eigenvalue weighted by Crippen LogP contribution is 2.32. The van der Waals surface area contributed by atoms with Crippen molar-refractivity contribution in [2.24, 2.45) is 0 Å². The SMILES string of the molecule is Cc1nc2n(n1)C(c1cc(F)cc(F)c1)C=C(c1ccccc1)N2. The van der Waals surface area contributed by atoms with Crippen molar-refractivity contribution >= 4 is 11.6 Å². The van der Waals surface area contributed by atoms with Gasteiger partial charge >= 0.3 is 0 Å². The average Bonchev–Trinajstić information content (AvgIpc) is 2.94. The summed E-state index contributed by atoms with van der Waals surface area (Å²) in [6, 6.07) is 12.8. The van der Waals surface area contributed by atoms with Crippen molar-refractivity contribution in [1.29, 1.82) is 0 Å². The summed E-state index contributed by atoms with van der Waals surface area (Å²) in [6.45, 7) is 1.78. The number of aromatic nitrogens is 3. The second-order valence-electron chi connectivity index (χ2n) is 5.65. The maximum Gasteiger partial charge on any atom is 0.226 e. The van der Waals surface area contributed by atoms with Gasteiger partial charge in [0.05, 0.1) is 0 Å².